The van der Waals surface area contributed by atoms with Crippen LogP contribution in [0.5, 0.6) is 0 Å². The van der Waals surface area contributed by atoms with Crippen molar-refractivity contribution in [2.24, 2.45) is 0 Å². The fourth-order valence-electron chi connectivity index (χ4n) is 1.24. The number of nitrogens with zero attached hydrogens (tertiary/aromatic N) is 2. The van der Waals surface area contributed by atoms with Gasteiger partial charge in [0.2, 0.25) is 0 Å². The topological polar surface area (TPSA) is 25.8 Å². The first-order valence-corrected chi connectivity index (χ1v) is 5.44. The van der Waals surface area contributed by atoms with Crippen LogP contribution < -0.4 is 0 Å². The highest BCUT2D eigenvalue weighted by Gasteiger charge is 2.05. The monoisotopic (exact) mass is 204 g/mol. The maximum atomic E-state index is 4.01. The summed E-state index contributed by atoms with van der Waals surface area (Å²) in [5, 5.41) is 0. The van der Waals surface area contributed by atoms with Crippen LogP contribution in [0.15, 0.2) is 30.9 Å². The van der Waals surface area contributed by atoms with Crippen molar-refractivity contribution in [2.45, 2.75) is 19.8 Å². The van der Waals surface area contributed by atoms with Gasteiger partial charge < -0.3 is 0 Å². The lowest BCUT2D eigenvalue weighted by Crippen LogP contribution is -1.78. The van der Waals surface area contributed by atoms with Crippen LogP contribution >= 0.6 is 11.3 Å². The van der Waals surface area contributed by atoms with Crippen molar-refractivity contribution in [3.05, 3.63) is 35.7 Å². The molecule has 2 heterocycles. The summed E-state index contributed by atoms with van der Waals surface area (Å²) in [6, 6.07) is 4.32. The van der Waals surface area contributed by atoms with Gasteiger partial charge >= 0.3 is 0 Å². The maximum Gasteiger partial charge on any atom is 0.115 e. The van der Waals surface area contributed by atoms with E-state index in [0.717, 1.165) is 5.56 Å². The van der Waals surface area contributed by atoms with E-state index < -0.39 is 0 Å². The minimum atomic E-state index is 0.596. The van der Waals surface area contributed by atoms with Crippen LogP contribution in [0.25, 0.3) is 10.4 Å². The van der Waals surface area contributed by atoms with Crippen LogP contribution in [0.1, 0.15) is 24.6 Å². The first kappa shape index (κ1) is 9.34. The molecule has 0 aliphatic carbocycles. The van der Waals surface area contributed by atoms with E-state index in [-0.39, 0.29) is 0 Å². The van der Waals surface area contributed by atoms with Crippen LogP contribution in [-0.4, -0.2) is 9.97 Å². The molecule has 0 atom stereocenters. The Balaban J connectivity index is 2.34. The third-order valence-electron chi connectivity index (χ3n) is 2.04. The molecule has 0 bridgehead atoms. The minimum absolute atomic E-state index is 0.596. The molecule has 72 valence electrons. The molecule has 14 heavy (non-hydrogen) atoms. The van der Waals surface area contributed by atoms with Crippen molar-refractivity contribution >= 4 is 11.3 Å². The van der Waals surface area contributed by atoms with Gasteiger partial charge in [0.1, 0.15) is 6.33 Å². The second kappa shape index (κ2) is 3.88. The average Bonchev–Trinajstić information content (AvgIpc) is 2.68. The van der Waals surface area contributed by atoms with E-state index >= 15 is 0 Å². The van der Waals surface area contributed by atoms with Gasteiger partial charge in [-0.3, -0.25) is 0 Å². The average molecular weight is 204 g/mol. The molecule has 0 saturated heterocycles. The summed E-state index contributed by atoms with van der Waals surface area (Å²) in [7, 11) is 0. The fourth-order valence-corrected chi connectivity index (χ4v) is 2.23. The fraction of sp³-hybridized carbons (Fsp3) is 0.273. The largest absolute Gasteiger partial charge is 0.244 e. The van der Waals surface area contributed by atoms with Crippen molar-refractivity contribution in [1.82, 2.24) is 9.97 Å². The Morgan fingerprint density at radius 1 is 1.14 bits per heavy atom. The molecule has 0 aromatic carbocycles. The third-order valence-corrected chi connectivity index (χ3v) is 3.48. The molecule has 0 N–H and O–H groups in total. The molecule has 0 aliphatic rings. The summed E-state index contributed by atoms with van der Waals surface area (Å²) in [6.45, 7) is 4.41. The molecule has 2 aromatic rings. The molecule has 0 saturated carbocycles. The van der Waals surface area contributed by atoms with Gasteiger partial charge in [-0.05, 0) is 18.1 Å². The van der Waals surface area contributed by atoms with Crippen molar-refractivity contribution in [1.29, 1.82) is 0 Å². The Morgan fingerprint density at radius 3 is 2.43 bits per heavy atom. The summed E-state index contributed by atoms with van der Waals surface area (Å²) in [5.41, 5.74) is 1.10. The van der Waals surface area contributed by atoms with Crippen molar-refractivity contribution in [3.8, 4) is 10.4 Å². The standard InChI is InChI=1S/C11H12N2S/c1-8(2)10-3-4-11(14-10)9-5-12-7-13-6-9/h3-8H,1-2H3. The number of hydrogen-bond acceptors (Lipinski definition) is 3. The molecule has 0 amide bonds. The molecular formula is C11H12N2S. The van der Waals surface area contributed by atoms with Gasteiger partial charge in [0.05, 0.1) is 0 Å². The summed E-state index contributed by atoms with van der Waals surface area (Å²) >= 11 is 1.81. The van der Waals surface area contributed by atoms with Gasteiger partial charge in [0.15, 0.2) is 0 Å². The second-order valence-electron chi connectivity index (χ2n) is 3.48. The molecule has 0 aliphatic heterocycles. The van der Waals surface area contributed by atoms with Gasteiger partial charge in [-0.25, -0.2) is 9.97 Å². The third kappa shape index (κ3) is 1.82. The molecular weight excluding hydrogens is 192 g/mol. The summed E-state index contributed by atoms with van der Waals surface area (Å²) in [6.07, 6.45) is 5.26. The summed E-state index contributed by atoms with van der Waals surface area (Å²) < 4.78 is 0. The molecule has 2 rings (SSSR count). The Morgan fingerprint density at radius 2 is 1.86 bits per heavy atom. The van der Waals surface area contributed by atoms with E-state index in [1.165, 1.54) is 9.75 Å². The Labute approximate surface area is 87.7 Å². The van der Waals surface area contributed by atoms with Crippen LogP contribution in [0.3, 0.4) is 0 Å². The van der Waals surface area contributed by atoms with Crippen molar-refractivity contribution in [3.63, 3.8) is 0 Å². The van der Waals surface area contributed by atoms with Gasteiger partial charge in [0.25, 0.3) is 0 Å². The van der Waals surface area contributed by atoms with Gasteiger partial charge in [-0.2, -0.15) is 0 Å². The zero-order valence-electron chi connectivity index (χ0n) is 8.27. The van der Waals surface area contributed by atoms with E-state index in [9.17, 15) is 0 Å². The van der Waals surface area contributed by atoms with E-state index in [1.807, 2.05) is 23.7 Å². The van der Waals surface area contributed by atoms with Crippen LogP contribution in [-0.2, 0) is 0 Å². The number of hydrogen-bond donors (Lipinski definition) is 0. The van der Waals surface area contributed by atoms with E-state index in [2.05, 4.69) is 35.9 Å². The highest BCUT2D eigenvalue weighted by atomic mass is 32.1. The molecule has 0 radical (unpaired) electrons. The smallest absolute Gasteiger partial charge is 0.115 e. The second-order valence-corrected chi connectivity index (χ2v) is 4.60. The van der Waals surface area contributed by atoms with Gasteiger partial charge in [-0.15, -0.1) is 11.3 Å². The number of thiophene rings is 1. The first-order valence-electron chi connectivity index (χ1n) is 4.62. The highest BCUT2D eigenvalue weighted by molar-refractivity contribution is 7.15. The minimum Gasteiger partial charge on any atom is -0.244 e. The normalized spacial score (nSPS) is 10.8. The molecule has 2 aromatic heterocycles. The Bertz CT molecular complexity index is 406. The van der Waals surface area contributed by atoms with Crippen LogP contribution in [0.4, 0.5) is 0 Å². The number of rotatable bonds is 2. The van der Waals surface area contributed by atoms with Crippen LogP contribution in [0, 0.1) is 0 Å². The molecule has 3 heteroatoms. The van der Waals surface area contributed by atoms with E-state index in [4.69, 9.17) is 0 Å². The molecule has 0 fully saturated rings. The SMILES string of the molecule is CC(C)c1ccc(-c2cncnc2)s1. The number of aromatic nitrogens is 2. The molecule has 2 nitrogen and oxygen atoms in total. The first-order chi connectivity index (χ1) is 6.77. The van der Waals surface area contributed by atoms with Crippen molar-refractivity contribution in [2.75, 3.05) is 0 Å². The lowest BCUT2D eigenvalue weighted by Gasteiger charge is -1.98. The summed E-state index contributed by atoms with van der Waals surface area (Å²) in [5.74, 6) is 0.596. The highest BCUT2D eigenvalue weighted by Crippen LogP contribution is 2.30. The van der Waals surface area contributed by atoms with E-state index in [0.29, 0.717) is 5.92 Å². The van der Waals surface area contributed by atoms with Gasteiger partial charge in [-0.1, -0.05) is 13.8 Å². The maximum absolute atomic E-state index is 4.01. The lowest BCUT2D eigenvalue weighted by molar-refractivity contribution is 0.890. The predicted molar refractivity (Wildman–Crippen MR) is 59.4 cm³/mol. The Hall–Kier alpha value is -1.22. The van der Waals surface area contributed by atoms with Crippen LogP contribution in [0.2, 0.25) is 0 Å². The zero-order chi connectivity index (χ0) is 9.97. The van der Waals surface area contributed by atoms with Gasteiger partial charge in [0, 0.05) is 27.7 Å². The quantitative estimate of drug-likeness (QED) is 0.750. The zero-order valence-corrected chi connectivity index (χ0v) is 9.08. The lowest BCUT2D eigenvalue weighted by atomic mass is 10.2. The molecule has 0 unspecified atom stereocenters. The predicted octanol–water partition coefficient (Wildman–Crippen LogP) is 3.33. The van der Waals surface area contributed by atoms with E-state index in [1.54, 1.807) is 6.33 Å². The van der Waals surface area contributed by atoms with Crippen molar-refractivity contribution < 1.29 is 0 Å². The molecule has 0 spiro atoms. The Kier molecular flexibility index (Phi) is 2.59. The summed E-state index contributed by atoms with van der Waals surface area (Å²) in [4.78, 5) is 10.7.